The third-order valence-corrected chi connectivity index (χ3v) is 4.42. The van der Waals surface area contributed by atoms with Gasteiger partial charge in [0.2, 0.25) is 0 Å². The van der Waals surface area contributed by atoms with Crippen molar-refractivity contribution in [2.45, 2.75) is 18.9 Å². The fraction of sp³-hybridized carbons (Fsp3) is 0.538. The molecule has 2 rings (SSSR count). The SMILES string of the molecule is OC(COc1ccccc1Cl)C1CCSCC1. The number of ether oxygens (including phenoxy) is 1. The molecule has 1 fully saturated rings. The summed E-state index contributed by atoms with van der Waals surface area (Å²) < 4.78 is 5.56. The maximum atomic E-state index is 10.0. The minimum Gasteiger partial charge on any atom is -0.489 e. The zero-order chi connectivity index (χ0) is 12.1. The first kappa shape index (κ1) is 13.1. The van der Waals surface area contributed by atoms with E-state index in [0.29, 0.717) is 23.3 Å². The van der Waals surface area contributed by atoms with Gasteiger partial charge in [-0.05, 0) is 42.4 Å². The standard InChI is InChI=1S/C13H17ClO2S/c14-11-3-1-2-4-13(11)16-9-12(15)10-5-7-17-8-6-10/h1-4,10,12,15H,5-9H2. The molecule has 1 aromatic carbocycles. The van der Waals surface area contributed by atoms with Crippen molar-refractivity contribution in [3.63, 3.8) is 0 Å². The fourth-order valence-electron chi connectivity index (χ4n) is 1.97. The molecule has 1 aliphatic heterocycles. The number of aliphatic hydroxyl groups excluding tert-OH is 1. The van der Waals surface area contributed by atoms with Crippen LogP contribution in [0.4, 0.5) is 0 Å². The average Bonchev–Trinajstić information content (AvgIpc) is 2.38. The van der Waals surface area contributed by atoms with Crippen LogP contribution in [0.2, 0.25) is 5.02 Å². The maximum Gasteiger partial charge on any atom is 0.138 e. The molecular formula is C13H17ClO2S. The molecule has 0 bridgehead atoms. The molecule has 1 heterocycles. The van der Waals surface area contributed by atoms with Gasteiger partial charge in [0.05, 0.1) is 11.1 Å². The fourth-order valence-corrected chi connectivity index (χ4v) is 3.31. The molecule has 0 amide bonds. The van der Waals surface area contributed by atoms with E-state index in [4.69, 9.17) is 16.3 Å². The second-order valence-corrected chi connectivity index (χ2v) is 5.89. The normalized spacial score (nSPS) is 18.9. The molecule has 17 heavy (non-hydrogen) atoms. The Bertz CT molecular complexity index is 353. The summed E-state index contributed by atoms with van der Waals surface area (Å²) in [5.41, 5.74) is 0. The Morgan fingerprint density at radius 2 is 2.06 bits per heavy atom. The maximum absolute atomic E-state index is 10.0. The summed E-state index contributed by atoms with van der Waals surface area (Å²) in [7, 11) is 0. The second-order valence-electron chi connectivity index (χ2n) is 4.26. The lowest BCUT2D eigenvalue weighted by atomic mass is 9.96. The van der Waals surface area contributed by atoms with E-state index < -0.39 is 0 Å². The molecule has 94 valence electrons. The number of hydrogen-bond donors (Lipinski definition) is 1. The van der Waals surface area contributed by atoms with Gasteiger partial charge in [0.1, 0.15) is 12.4 Å². The van der Waals surface area contributed by atoms with E-state index in [2.05, 4.69) is 0 Å². The molecule has 1 aromatic rings. The molecule has 0 spiro atoms. The lowest BCUT2D eigenvalue weighted by Crippen LogP contribution is -2.30. The van der Waals surface area contributed by atoms with Gasteiger partial charge < -0.3 is 9.84 Å². The van der Waals surface area contributed by atoms with Crippen molar-refractivity contribution in [2.24, 2.45) is 5.92 Å². The topological polar surface area (TPSA) is 29.5 Å². The van der Waals surface area contributed by atoms with Crippen molar-refractivity contribution in [3.8, 4) is 5.75 Å². The summed E-state index contributed by atoms with van der Waals surface area (Å²) in [6.07, 6.45) is 1.78. The third kappa shape index (κ3) is 3.80. The first-order chi connectivity index (χ1) is 8.27. The molecule has 1 saturated heterocycles. The second kappa shape index (κ2) is 6.53. The molecule has 1 atom stereocenters. The Balaban J connectivity index is 1.83. The molecule has 1 unspecified atom stereocenters. The highest BCUT2D eigenvalue weighted by Crippen LogP contribution is 2.27. The predicted molar refractivity (Wildman–Crippen MR) is 73.0 cm³/mol. The largest absolute Gasteiger partial charge is 0.489 e. The molecule has 1 aliphatic rings. The van der Waals surface area contributed by atoms with Crippen molar-refractivity contribution in [1.29, 1.82) is 0 Å². The Kier molecular flexibility index (Phi) is 5.01. The summed E-state index contributed by atoms with van der Waals surface area (Å²) >= 11 is 7.94. The predicted octanol–water partition coefficient (Wildman–Crippen LogP) is 3.22. The van der Waals surface area contributed by atoms with Gasteiger partial charge in [0.25, 0.3) is 0 Å². The highest BCUT2D eigenvalue weighted by Gasteiger charge is 2.22. The first-order valence-electron chi connectivity index (χ1n) is 5.90. The van der Waals surface area contributed by atoms with Crippen molar-refractivity contribution in [2.75, 3.05) is 18.1 Å². The Labute approximate surface area is 111 Å². The lowest BCUT2D eigenvalue weighted by Gasteiger charge is -2.26. The number of para-hydroxylation sites is 1. The monoisotopic (exact) mass is 272 g/mol. The smallest absolute Gasteiger partial charge is 0.138 e. The number of hydrogen-bond acceptors (Lipinski definition) is 3. The number of halogens is 1. The van der Waals surface area contributed by atoms with Crippen LogP contribution in [0.5, 0.6) is 5.75 Å². The summed E-state index contributed by atoms with van der Waals surface area (Å²) in [5, 5.41) is 10.6. The van der Waals surface area contributed by atoms with E-state index in [1.54, 1.807) is 6.07 Å². The van der Waals surface area contributed by atoms with Crippen molar-refractivity contribution < 1.29 is 9.84 Å². The Hall–Kier alpha value is -0.380. The highest BCUT2D eigenvalue weighted by molar-refractivity contribution is 7.99. The Morgan fingerprint density at radius 3 is 2.76 bits per heavy atom. The van der Waals surface area contributed by atoms with Crippen LogP contribution in [-0.4, -0.2) is 29.3 Å². The Morgan fingerprint density at radius 1 is 1.35 bits per heavy atom. The minimum atomic E-state index is -0.382. The van der Waals surface area contributed by atoms with Crippen LogP contribution < -0.4 is 4.74 Å². The first-order valence-corrected chi connectivity index (χ1v) is 7.44. The van der Waals surface area contributed by atoms with Gasteiger partial charge >= 0.3 is 0 Å². The third-order valence-electron chi connectivity index (χ3n) is 3.06. The van der Waals surface area contributed by atoms with Crippen LogP contribution >= 0.6 is 23.4 Å². The van der Waals surface area contributed by atoms with E-state index in [0.717, 1.165) is 24.3 Å². The highest BCUT2D eigenvalue weighted by atomic mass is 35.5. The quantitative estimate of drug-likeness (QED) is 0.913. The zero-order valence-electron chi connectivity index (χ0n) is 9.64. The summed E-state index contributed by atoms with van der Waals surface area (Å²) in [6, 6.07) is 7.36. The van der Waals surface area contributed by atoms with Crippen LogP contribution in [-0.2, 0) is 0 Å². The van der Waals surface area contributed by atoms with Gasteiger partial charge in [0, 0.05) is 0 Å². The molecule has 0 radical (unpaired) electrons. The zero-order valence-corrected chi connectivity index (χ0v) is 11.2. The molecule has 0 saturated carbocycles. The number of rotatable bonds is 4. The van der Waals surface area contributed by atoms with Crippen LogP contribution in [0.1, 0.15) is 12.8 Å². The van der Waals surface area contributed by atoms with Gasteiger partial charge in [0.15, 0.2) is 0 Å². The van der Waals surface area contributed by atoms with Crippen molar-refractivity contribution in [1.82, 2.24) is 0 Å². The molecule has 4 heteroatoms. The van der Waals surface area contributed by atoms with Gasteiger partial charge in [-0.25, -0.2) is 0 Å². The van der Waals surface area contributed by atoms with Gasteiger partial charge in [-0.2, -0.15) is 11.8 Å². The van der Waals surface area contributed by atoms with E-state index in [9.17, 15) is 5.11 Å². The van der Waals surface area contributed by atoms with Gasteiger partial charge in [-0.15, -0.1) is 0 Å². The van der Waals surface area contributed by atoms with Crippen LogP contribution in [0, 0.1) is 5.92 Å². The molecule has 1 N–H and O–H groups in total. The van der Waals surface area contributed by atoms with Crippen molar-refractivity contribution in [3.05, 3.63) is 29.3 Å². The summed E-state index contributed by atoms with van der Waals surface area (Å²) in [5.74, 6) is 3.32. The number of aliphatic hydroxyl groups is 1. The van der Waals surface area contributed by atoms with E-state index in [1.807, 2.05) is 30.0 Å². The number of thioether (sulfide) groups is 1. The van der Waals surface area contributed by atoms with Crippen LogP contribution in [0.25, 0.3) is 0 Å². The van der Waals surface area contributed by atoms with Crippen LogP contribution in [0.15, 0.2) is 24.3 Å². The lowest BCUT2D eigenvalue weighted by molar-refractivity contribution is 0.0535. The molecule has 0 aliphatic carbocycles. The minimum absolute atomic E-state index is 0.332. The van der Waals surface area contributed by atoms with Gasteiger partial charge in [-0.3, -0.25) is 0 Å². The number of benzene rings is 1. The van der Waals surface area contributed by atoms with Crippen LogP contribution in [0.3, 0.4) is 0 Å². The van der Waals surface area contributed by atoms with E-state index in [1.165, 1.54) is 0 Å². The van der Waals surface area contributed by atoms with E-state index >= 15 is 0 Å². The van der Waals surface area contributed by atoms with Crippen molar-refractivity contribution >= 4 is 23.4 Å². The van der Waals surface area contributed by atoms with E-state index in [-0.39, 0.29) is 6.10 Å². The summed E-state index contributed by atoms with van der Waals surface area (Å²) in [4.78, 5) is 0. The molecule has 2 nitrogen and oxygen atoms in total. The van der Waals surface area contributed by atoms with Gasteiger partial charge in [-0.1, -0.05) is 23.7 Å². The molecular weight excluding hydrogens is 256 g/mol. The summed E-state index contributed by atoms with van der Waals surface area (Å²) in [6.45, 7) is 0.332. The average molecular weight is 273 g/mol. The molecule has 0 aromatic heterocycles.